The van der Waals surface area contributed by atoms with Crippen LogP contribution >= 0.6 is 0 Å². The SMILES string of the molecule is CC1c2cccnc2-c2ccc3c(c21)-c1ncc2ccccc2c1OC3(C)C. The normalized spacial score (nSPS) is 18.0. The van der Waals surface area contributed by atoms with Crippen LogP contribution in [0, 0.1) is 0 Å². The molecular weight excluding hydrogens is 344 g/mol. The number of pyridine rings is 2. The Kier molecular flexibility index (Phi) is 2.94. The second kappa shape index (κ2) is 5.20. The highest BCUT2D eigenvalue weighted by Crippen LogP contribution is 2.55. The minimum absolute atomic E-state index is 0.281. The zero-order chi connectivity index (χ0) is 19.0. The molecule has 1 aliphatic carbocycles. The maximum absolute atomic E-state index is 6.55. The van der Waals surface area contributed by atoms with Crippen molar-refractivity contribution in [3.63, 3.8) is 0 Å². The summed E-state index contributed by atoms with van der Waals surface area (Å²) >= 11 is 0. The van der Waals surface area contributed by atoms with Crippen LogP contribution in [0.2, 0.25) is 0 Å². The van der Waals surface area contributed by atoms with Crippen LogP contribution in [-0.2, 0) is 5.60 Å². The third kappa shape index (κ3) is 1.89. The zero-order valence-electron chi connectivity index (χ0n) is 16.2. The molecule has 0 bridgehead atoms. The lowest BCUT2D eigenvalue weighted by Crippen LogP contribution is -2.30. The quantitative estimate of drug-likeness (QED) is 0.380. The highest BCUT2D eigenvalue weighted by atomic mass is 16.5. The first kappa shape index (κ1) is 15.8. The van der Waals surface area contributed by atoms with Gasteiger partial charge in [-0.2, -0.15) is 0 Å². The molecule has 1 aliphatic heterocycles. The Hall–Kier alpha value is -3.20. The van der Waals surface area contributed by atoms with Gasteiger partial charge >= 0.3 is 0 Å². The van der Waals surface area contributed by atoms with E-state index in [1.165, 1.54) is 27.8 Å². The molecule has 2 aliphatic rings. The smallest absolute Gasteiger partial charge is 0.154 e. The minimum Gasteiger partial charge on any atom is -0.480 e. The molecule has 3 heteroatoms. The molecule has 0 saturated carbocycles. The summed E-state index contributed by atoms with van der Waals surface area (Å²) in [6.45, 7) is 6.57. The Labute approximate surface area is 164 Å². The number of benzene rings is 2. The second-order valence-electron chi connectivity index (χ2n) is 8.25. The van der Waals surface area contributed by atoms with E-state index >= 15 is 0 Å². The first-order chi connectivity index (χ1) is 13.6. The molecule has 0 N–H and O–H groups in total. The molecule has 136 valence electrons. The van der Waals surface area contributed by atoms with Crippen molar-refractivity contribution in [2.75, 3.05) is 0 Å². The molecule has 1 atom stereocenters. The summed E-state index contributed by atoms with van der Waals surface area (Å²) in [5, 5.41) is 2.22. The molecule has 28 heavy (non-hydrogen) atoms. The first-order valence-corrected chi connectivity index (χ1v) is 9.76. The lowest BCUT2D eigenvalue weighted by molar-refractivity contribution is 0.107. The predicted molar refractivity (Wildman–Crippen MR) is 112 cm³/mol. The monoisotopic (exact) mass is 364 g/mol. The molecule has 4 aromatic rings. The van der Waals surface area contributed by atoms with E-state index in [0.717, 1.165) is 27.9 Å². The Balaban J connectivity index is 1.75. The van der Waals surface area contributed by atoms with E-state index in [4.69, 9.17) is 14.7 Å². The van der Waals surface area contributed by atoms with Crippen molar-refractivity contribution >= 4 is 10.8 Å². The van der Waals surface area contributed by atoms with Crippen LogP contribution in [0.1, 0.15) is 43.4 Å². The Bertz CT molecular complexity index is 1290. The molecule has 0 saturated heterocycles. The van der Waals surface area contributed by atoms with Crippen LogP contribution in [0.15, 0.2) is 60.9 Å². The molecule has 3 heterocycles. The van der Waals surface area contributed by atoms with Gasteiger partial charge in [0, 0.05) is 45.8 Å². The fourth-order valence-electron chi connectivity index (χ4n) is 4.91. The van der Waals surface area contributed by atoms with Crippen molar-refractivity contribution in [3.8, 4) is 28.3 Å². The Morgan fingerprint density at radius 3 is 2.68 bits per heavy atom. The minimum atomic E-state index is -0.426. The number of nitrogens with zero attached hydrogens (tertiary/aromatic N) is 2. The van der Waals surface area contributed by atoms with Gasteiger partial charge in [-0.15, -0.1) is 0 Å². The number of aromatic nitrogens is 2. The zero-order valence-corrected chi connectivity index (χ0v) is 16.2. The van der Waals surface area contributed by atoms with Gasteiger partial charge < -0.3 is 4.74 Å². The van der Waals surface area contributed by atoms with E-state index in [9.17, 15) is 0 Å². The number of hydrogen-bond acceptors (Lipinski definition) is 3. The summed E-state index contributed by atoms with van der Waals surface area (Å²) in [4.78, 5) is 9.57. The first-order valence-electron chi connectivity index (χ1n) is 9.76. The van der Waals surface area contributed by atoms with Crippen molar-refractivity contribution in [2.45, 2.75) is 32.3 Å². The molecule has 0 spiro atoms. The number of ether oxygens (including phenoxy) is 1. The molecule has 6 rings (SSSR count). The second-order valence-corrected chi connectivity index (χ2v) is 8.25. The van der Waals surface area contributed by atoms with Crippen LogP contribution < -0.4 is 4.74 Å². The fourth-order valence-corrected chi connectivity index (χ4v) is 4.91. The van der Waals surface area contributed by atoms with Crippen molar-refractivity contribution < 1.29 is 4.74 Å². The molecule has 0 radical (unpaired) electrons. The van der Waals surface area contributed by atoms with Crippen molar-refractivity contribution in [2.24, 2.45) is 0 Å². The molecular formula is C25H20N2O. The van der Waals surface area contributed by atoms with Crippen molar-refractivity contribution in [1.82, 2.24) is 9.97 Å². The lowest BCUT2D eigenvalue weighted by Gasteiger charge is -2.36. The highest BCUT2D eigenvalue weighted by Gasteiger charge is 2.40. The molecule has 2 aromatic carbocycles. The summed E-state index contributed by atoms with van der Waals surface area (Å²) in [5.41, 5.74) is 7.88. The van der Waals surface area contributed by atoms with Gasteiger partial charge in [-0.25, -0.2) is 0 Å². The van der Waals surface area contributed by atoms with Gasteiger partial charge in [0.15, 0.2) is 5.75 Å². The maximum atomic E-state index is 6.55. The maximum Gasteiger partial charge on any atom is 0.154 e. The third-order valence-corrected chi connectivity index (χ3v) is 6.23. The average molecular weight is 364 g/mol. The van der Waals surface area contributed by atoms with Crippen LogP contribution in [0.4, 0.5) is 0 Å². The van der Waals surface area contributed by atoms with E-state index < -0.39 is 5.60 Å². The van der Waals surface area contributed by atoms with Gasteiger partial charge in [0.25, 0.3) is 0 Å². The standard InChI is InChI=1S/C25H20N2O/c1-14-16-9-6-12-26-22(16)18-10-11-19-21(20(14)18)23-24(28-25(19,2)3)17-8-5-4-7-15(17)13-27-23/h4-14H,1-3H3. The van der Waals surface area contributed by atoms with E-state index in [1.807, 2.05) is 24.5 Å². The van der Waals surface area contributed by atoms with Crippen molar-refractivity contribution in [1.29, 1.82) is 0 Å². The van der Waals surface area contributed by atoms with Crippen LogP contribution in [-0.4, -0.2) is 9.97 Å². The van der Waals surface area contributed by atoms with Crippen molar-refractivity contribution in [3.05, 3.63) is 77.6 Å². The summed E-state index contributed by atoms with van der Waals surface area (Å²) in [6.07, 6.45) is 3.84. The summed E-state index contributed by atoms with van der Waals surface area (Å²) in [7, 11) is 0. The van der Waals surface area contributed by atoms with Crippen LogP contribution in [0.3, 0.4) is 0 Å². The molecule has 0 fully saturated rings. The van der Waals surface area contributed by atoms with E-state index in [2.05, 4.69) is 57.2 Å². The molecule has 3 nitrogen and oxygen atoms in total. The fraction of sp³-hybridized carbons (Fsp3) is 0.200. The van der Waals surface area contributed by atoms with Crippen LogP contribution in [0.25, 0.3) is 33.3 Å². The molecule has 2 aromatic heterocycles. The van der Waals surface area contributed by atoms with Gasteiger partial charge in [0.2, 0.25) is 0 Å². The van der Waals surface area contributed by atoms with Gasteiger partial charge in [-0.3, -0.25) is 9.97 Å². The Morgan fingerprint density at radius 2 is 1.79 bits per heavy atom. The van der Waals surface area contributed by atoms with E-state index in [0.29, 0.717) is 0 Å². The van der Waals surface area contributed by atoms with E-state index in [1.54, 1.807) is 0 Å². The third-order valence-electron chi connectivity index (χ3n) is 6.23. The molecule has 0 amide bonds. The number of rotatable bonds is 0. The van der Waals surface area contributed by atoms with Crippen LogP contribution in [0.5, 0.6) is 5.75 Å². The summed E-state index contributed by atoms with van der Waals surface area (Å²) < 4.78 is 6.55. The van der Waals surface area contributed by atoms with E-state index in [-0.39, 0.29) is 5.92 Å². The van der Waals surface area contributed by atoms with Gasteiger partial charge in [0.05, 0.1) is 5.69 Å². The van der Waals surface area contributed by atoms with Gasteiger partial charge in [-0.1, -0.05) is 49.4 Å². The average Bonchev–Trinajstić information content (AvgIpc) is 3.00. The summed E-state index contributed by atoms with van der Waals surface area (Å²) in [6, 6.07) is 16.9. The largest absolute Gasteiger partial charge is 0.480 e. The highest BCUT2D eigenvalue weighted by molar-refractivity contribution is 5.97. The Morgan fingerprint density at radius 1 is 0.929 bits per heavy atom. The topological polar surface area (TPSA) is 35.0 Å². The number of hydrogen-bond donors (Lipinski definition) is 0. The predicted octanol–water partition coefficient (Wildman–Crippen LogP) is 6.06. The van der Waals surface area contributed by atoms with Gasteiger partial charge in [0.1, 0.15) is 11.3 Å². The van der Waals surface area contributed by atoms with Gasteiger partial charge in [-0.05, 0) is 31.0 Å². The number of fused-ring (bicyclic) bond motifs is 9. The molecule has 1 unspecified atom stereocenters. The summed E-state index contributed by atoms with van der Waals surface area (Å²) in [5.74, 6) is 1.17. The lowest BCUT2D eigenvalue weighted by atomic mass is 9.81.